The van der Waals surface area contributed by atoms with Crippen molar-refractivity contribution in [2.75, 3.05) is 0 Å². The van der Waals surface area contributed by atoms with E-state index in [9.17, 15) is 0 Å². The maximum atomic E-state index is 9.04. The second kappa shape index (κ2) is 5.07. The molecule has 3 heteroatoms. The van der Waals surface area contributed by atoms with Crippen LogP contribution in [0.5, 0.6) is 0 Å². The summed E-state index contributed by atoms with van der Waals surface area (Å²) in [5, 5.41) is 9.04. The molecule has 0 aromatic heterocycles. The summed E-state index contributed by atoms with van der Waals surface area (Å²) in [4.78, 5) is 4.14. The zero-order valence-corrected chi connectivity index (χ0v) is 8.09. The monoisotopic (exact) mass is 190 g/mol. The Morgan fingerprint density at radius 3 is 2.64 bits per heavy atom. The van der Waals surface area contributed by atoms with E-state index in [4.69, 9.17) is 10.8 Å². The van der Waals surface area contributed by atoms with Crippen LogP contribution in [0.3, 0.4) is 0 Å². The molecule has 3 N–H and O–H groups in total. The van der Waals surface area contributed by atoms with Crippen molar-refractivity contribution >= 4 is 6.21 Å². The summed E-state index contributed by atoms with van der Waals surface area (Å²) in [6.45, 7) is 1.95. The molecule has 1 aromatic carbocycles. The van der Waals surface area contributed by atoms with Gasteiger partial charge in [0.2, 0.25) is 0 Å². The Balaban J connectivity index is 2.68. The highest BCUT2D eigenvalue weighted by atomic mass is 16.3. The second-order valence-electron chi connectivity index (χ2n) is 2.96. The van der Waals surface area contributed by atoms with E-state index in [1.165, 1.54) is 6.21 Å². The standard InChI is InChI=1S/C11H14N2O/c1-9(13-8-11(14)7-12)10-5-3-2-4-6-10/h2-9,14H,12H2,1H3. The molecule has 0 saturated carbocycles. The van der Waals surface area contributed by atoms with Gasteiger partial charge in [0, 0.05) is 6.20 Å². The Hall–Kier alpha value is -1.77. The summed E-state index contributed by atoms with van der Waals surface area (Å²) in [6.07, 6.45) is 2.47. The van der Waals surface area contributed by atoms with Gasteiger partial charge in [-0.1, -0.05) is 30.3 Å². The quantitative estimate of drug-likeness (QED) is 0.567. The average molecular weight is 190 g/mol. The third kappa shape index (κ3) is 2.94. The minimum absolute atomic E-state index is 0.0206. The molecular formula is C11H14N2O. The summed E-state index contributed by atoms with van der Waals surface area (Å²) in [5.74, 6) is -0.0206. The first-order valence-electron chi connectivity index (χ1n) is 4.43. The molecule has 3 nitrogen and oxygen atoms in total. The van der Waals surface area contributed by atoms with Crippen molar-refractivity contribution in [1.29, 1.82) is 0 Å². The molecule has 0 aliphatic rings. The Morgan fingerprint density at radius 1 is 1.43 bits per heavy atom. The van der Waals surface area contributed by atoms with Crippen molar-refractivity contribution in [2.45, 2.75) is 13.0 Å². The number of allylic oxidation sites excluding steroid dienone is 1. The lowest BCUT2D eigenvalue weighted by Crippen LogP contribution is -1.93. The molecule has 1 rings (SSSR count). The largest absolute Gasteiger partial charge is 0.505 e. The van der Waals surface area contributed by atoms with Gasteiger partial charge in [0.15, 0.2) is 0 Å². The van der Waals surface area contributed by atoms with E-state index >= 15 is 0 Å². The van der Waals surface area contributed by atoms with E-state index in [2.05, 4.69) is 4.99 Å². The fraction of sp³-hybridized carbons (Fsp3) is 0.182. The normalized spacial score (nSPS) is 14.5. The third-order valence-electron chi connectivity index (χ3n) is 1.88. The van der Waals surface area contributed by atoms with Crippen LogP contribution in [0.2, 0.25) is 0 Å². The Morgan fingerprint density at radius 2 is 2.07 bits per heavy atom. The summed E-state index contributed by atoms with van der Waals surface area (Å²) in [6, 6.07) is 9.88. The fourth-order valence-electron chi connectivity index (χ4n) is 1.05. The van der Waals surface area contributed by atoms with Gasteiger partial charge in [0.05, 0.1) is 12.3 Å². The summed E-state index contributed by atoms with van der Waals surface area (Å²) in [7, 11) is 0. The molecule has 0 saturated heterocycles. The van der Waals surface area contributed by atoms with Crippen LogP contribution < -0.4 is 5.73 Å². The van der Waals surface area contributed by atoms with Gasteiger partial charge in [0.25, 0.3) is 0 Å². The number of hydrogen-bond donors (Lipinski definition) is 2. The predicted molar refractivity (Wildman–Crippen MR) is 58.2 cm³/mol. The maximum Gasteiger partial charge on any atom is 0.148 e. The fourth-order valence-corrected chi connectivity index (χ4v) is 1.05. The van der Waals surface area contributed by atoms with Crippen LogP contribution in [-0.2, 0) is 0 Å². The van der Waals surface area contributed by atoms with E-state index < -0.39 is 0 Å². The van der Waals surface area contributed by atoms with Crippen molar-refractivity contribution in [1.82, 2.24) is 0 Å². The van der Waals surface area contributed by atoms with Crippen LogP contribution >= 0.6 is 0 Å². The highest BCUT2D eigenvalue weighted by Crippen LogP contribution is 2.15. The number of benzene rings is 1. The van der Waals surface area contributed by atoms with Crippen molar-refractivity contribution in [2.24, 2.45) is 10.7 Å². The Kier molecular flexibility index (Phi) is 3.73. The number of aliphatic hydroxyl groups is 1. The average Bonchev–Trinajstić information content (AvgIpc) is 2.26. The van der Waals surface area contributed by atoms with Gasteiger partial charge in [-0.2, -0.15) is 0 Å². The topological polar surface area (TPSA) is 58.6 Å². The Labute approximate surface area is 83.6 Å². The summed E-state index contributed by atoms with van der Waals surface area (Å²) < 4.78 is 0. The van der Waals surface area contributed by atoms with Gasteiger partial charge in [-0.25, -0.2) is 0 Å². The molecule has 1 unspecified atom stereocenters. The maximum absolute atomic E-state index is 9.04. The van der Waals surface area contributed by atoms with Crippen molar-refractivity contribution < 1.29 is 5.11 Å². The van der Waals surface area contributed by atoms with E-state index in [0.29, 0.717) is 0 Å². The number of nitrogens with two attached hydrogens (primary N) is 1. The van der Waals surface area contributed by atoms with E-state index in [1.54, 1.807) is 0 Å². The summed E-state index contributed by atoms with van der Waals surface area (Å²) in [5.41, 5.74) is 6.20. The molecule has 14 heavy (non-hydrogen) atoms. The second-order valence-corrected chi connectivity index (χ2v) is 2.96. The molecule has 0 bridgehead atoms. The highest BCUT2D eigenvalue weighted by molar-refractivity contribution is 5.75. The van der Waals surface area contributed by atoms with Crippen LogP contribution in [0.15, 0.2) is 47.3 Å². The predicted octanol–water partition coefficient (Wildman–Crippen LogP) is 2.18. The van der Waals surface area contributed by atoms with Gasteiger partial charge < -0.3 is 10.8 Å². The van der Waals surface area contributed by atoms with Crippen LogP contribution in [0, 0.1) is 0 Å². The number of nitrogens with zero attached hydrogens (tertiary/aromatic N) is 1. The van der Waals surface area contributed by atoms with Crippen molar-refractivity contribution in [3.8, 4) is 0 Å². The number of aliphatic hydroxyl groups excluding tert-OH is 1. The number of hydrogen-bond acceptors (Lipinski definition) is 3. The van der Waals surface area contributed by atoms with Crippen LogP contribution in [0.1, 0.15) is 18.5 Å². The summed E-state index contributed by atoms with van der Waals surface area (Å²) >= 11 is 0. The SMILES string of the molecule is CC(N=CC(O)=CN)c1ccccc1. The molecule has 74 valence electrons. The lowest BCUT2D eigenvalue weighted by molar-refractivity contribution is 0.444. The van der Waals surface area contributed by atoms with Gasteiger partial charge >= 0.3 is 0 Å². The third-order valence-corrected chi connectivity index (χ3v) is 1.88. The van der Waals surface area contributed by atoms with Gasteiger partial charge in [0.1, 0.15) is 5.76 Å². The van der Waals surface area contributed by atoms with E-state index in [0.717, 1.165) is 11.8 Å². The van der Waals surface area contributed by atoms with E-state index in [1.807, 2.05) is 37.3 Å². The van der Waals surface area contributed by atoms with Gasteiger partial charge in [-0.3, -0.25) is 4.99 Å². The van der Waals surface area contributed by atoms with Crippen LogP contribution in [-0.4, -0.2) is 11.3 Å². The molecule has 0 radical (unpaired) electrons. The van der Waals surface area contributed by atoms with Gasteiger partial charge in [-0.15, -0.1) is 0 Å². The molecule has 0 aliphatic heterocycles. The molecule has 0 amide bonds. The molecule has 1 atom stereocenters. The lowest BCUT2D eigenvalue weighted by atomic mass is 10.1. The van der Waals surface area contributed by atoms with Crippen molar-refractivity contribution in [3.63, 3.8) is 0 Å². The zero-order chi connectivity index (χ0) is 10.4. The zero-order valence-electron chi connectivity index (χ0n) is 8.09. The highest BCUT2D eigenvalue weighted by Gasteiger charge is 1.99. The van der Waals surface area contributed by atoms with Crippen LogP contribution in [0.25, 0.3) is 0 Å². The first-order valence-corrected chi connectivity index (χ1v) is 4.43. The molecule has 1 aromatic rings. The molecule has 0 heterocycles. The van der Waals surface area contributed by atoms with Gasteiger partial charge in [-0.05, 0) is 12.5 Å². The minimum atomic E-state index is -0.0206. The molecule has 0 fully saturated rings. The molecule has 0 aliphatic carbocycles. The minimum Gasteiger partial charge on any atom is -0.505 e. The number of aliphatic imine (C=N–C) groups is 1. The number of rotatable bonds is 3. The smallest absolute Gasteiger partial charge is 0.148 e. The Bertz CT molecular complexity index is 330. The first kappa shape index (κ1) is 10.3. The van der Waals surface area contributed by atoms with Crippen LogP contribution in [0.4, 0.5) is 0 Å². The van der Waals surface area contributed by atoms with E-state index in [-0.39, 0.29) is 11.8 Å². The molecule has 0 spiro atoms. The molecular weight excluding hydrogens is 176 g/mol. The lowest BCUT2D eigenvalue weighted by Gasteiger charge is -2.04. The van der Waals surface area contributed by atoms with Crippen molar-refractivity contribution in [3.05, 3.63) is 47.9 Å². The first-order chi connectivity index (χ1) is 6.74.